The van der Waals surface area contributed by atoms with Crippen LogP contribution in [-0.4, -0.2) is 13.5 Å². The lowest BCUT2D eigenvalue weighted by molar-refractivity contribution is 0.473. The van der Waals surface area contributed by atoms with Gasteiger partial charge in [0.1, 0.15) is 11.6 Å². The van der Waals surface area contributed by atoms with Crippen molar-refractivity contribution in [3.63, 3.8) is 0 Å². The molecule has 2 N–H and O–H groups in total. The number of phenols is 1. The molecule has 2 aromatic carbocycles. The molecule has 0 spiro atoms. The first-order chi connectivity index (χ1) is 8.88. The van der Waals surface area contributed by atoms with Gasteiger partial charge in [-0.25, -0.2) is 12.8 Å². The molecule has 0 amide bonds. The van der Waals surface area contributed by atoms with Crippen LogP contribution in [0.25, 0.3) is 0 Å². The van der Waals surface area contributed by atoms with Gasteiger partial charge in [-0.2, -0.15) is 0 Å². The average molecular weight is 302 g/mol. The van der Waals surface area contributed by atoms with Crippen LogP contribution in [0.3, 0.4) is 0 Å². The molecule has 0 fully saturated rings. The molecule has 2 rings (SSSR count). The minimum absolute atomic E-state index is 0.174. The molecule has 0 aromatic heterocycles. The number of hydrogen-bond donors (Lipinski definition) is 2. The maximum Gasteiger partial charge on any atom is 0.262 e. The van der Waals surface area contributed by atoms with Gasteiger partial charge >= 0.3 is 0 Å². The fourth-order valence-electron chi connectivity index (χ4n) is 1.43. The highest BCUT2D eigenvalue weighted by Crippen LogP contribution is 2.24. The minimum atomic E-state index is -3.98. The van der Waals surface area contributed by atoms with Crippen molar-refractivity contribution >= 4 is 27.3 Å². The summed E-state index contributed by atoms with van der Waals surface area (Å²) in [5, 5.41) is 9.46. The molecule has 0 saturated heterocycles. The lowest BCUT2D eigenvalue weighted by atomic mass is 10.3. The van der Waals surface area contributed by atoms with Crippen molar-refractivity contribution in [3.05, 3.63) is 53.3 Å². The van der Waals surface area contributed by atoms with E-state index in [9.17, 15) is 17.9 Å². The van der Waals surface area contributed by atoms with Crippen molar-refractivity contribution in [2.75, 3.05) is 4.72 Å². The maximum absolute atomic E-state index is 13.5. The molecule has 0 aliphatic heterocycles. The fourth-order valence-corrected chi connectivity index (χ4v) is 2.70. The van der Waals surface area contributed by atoms with Crippen LogP contribution in [0.2, 0.25) is 5.02 Å². The molecular weight excluding hydrogens is 293 g/mol. The van der Waals surface area contributed by atoms with Crippen LogP contribution in [-0.2, 0) is 10.0 Å². The molecule has 0 atom stereocenters. The van der Waals surface area contributed by atoms with Crippen molar-refractivity contribution in [2.24, 2.45) is 0 Å². The highest BCUT2D eigenvalue weighted by Gasteiger charge is 2.16. The summed E-state index contributed by atoms with van der Waals surface area (Å²) in [6, 6.07) is 8.58. The normalized spacial score (nSPS) is 11.3. The third-order valence-corrected chi connectivity index (χ3v) is 3.90. The Balaban J connectivity index is 2.39. The Labute approximate surface area is 114 Å². The number of anilines is 1. The van der Waals surface area contributed by atoms with E-state index in [0.717, 1.165) is 18.2 Å². The van der Waals surface area contributed by atoms with Crippen LogP contribution in [0, 0.1) is 5.82 Å². The van der Waals surface area contributed by atoms with Crippen LogP contribution in [0.15, 0.2) is 47.4 Å². The van der Waals surface area contributed by atoms with Crippen molar-refractivity contribution in [1.29, 1.82) is 0 Å². The highest BCUT2D eigenvalue weighted by molar-refractivity contribution is 7.92. The molecule has 0 aliphatic rings. The summed E-state index contributed by atoms with van der Waals surface area (Å²) in [4.78, 5) is -0.174. The van der Waals surface area contributed by atoms with E-state index in [1.54, 1.807) is 0 Å². The van der Waals surface area contributed by atoms with E-state index in [0.29, 0.717) is 0 Å². The van der Waals surface area contributed by atoms with Gasteiger partial charge in [-0.05, 0) is 30.3 Å². The highest BCUT2D eigenvalue weighted by atomic mass is 35.5. The van der Waals surface area contributed by atoms with Crippen LogP contribution in [0.4, 0.5) is 10.1 Å². The molecule has 0 saturated carbocycles. The van der Waals surface area contributed by atoms with Gasteiger partial charge in [0.05, 0.1) is 10.6 Å². The number of aromatic hydroxyl groups is 1. The lowest BCUT2D eigenvalue weighted by Gasteiger charge is -2.09. The molecule has 2 aromatic rings. The van der Waals surface area contributed by atoms with Gasteiger partial charge in [0, 0.05) is 11.1 Å². The third-order valence-electron chi connectivity index (χ3n) is 2.30. The van der Waals surface area contributed by atoms with Gasteiger partial charge in [-0.1, -0.05) is 17.7 Å². The van der Waals surface area contributed by atoms with E-state index in [1.165, 1.54) is 24.3 Å². The van der Waals surface area contributed by atoms with E-state index < -0.39 is 15.8 Å². The van der Waals surface area contributed by atoms with Gasteiger partial charge < -0.3 is 5.11 Å². The Kier molecular flexibility index (Phi) is 3.64. The summed E-state index contributed by atoms with van der Waals surface area (Å²) >= 11 is 5.68. The second kappa shape index (κ2) is 5.07. The predicted octanol–water partition coefficient (Wildman–Crippen LogP) is 2.99. The molecule has 100 valence electrons. The summed E-state index contributed by atoms with van der Waals surface area (Å²) in [6.07, 6.45) is 0. The summed E-state index contributed by atoms with van der Waals surface area (Å²) in [6.45, 7) is 0. The van der Waals surface area contributed by atoms with E-state index >= 15 is 0 Å². The van der Waals surface area contributed by atoms with Crippen molar-refractivity contribution < 1.29 is 17.9 Å². The smallest absolute Gasteiger partial charge is 0.262 e. The number of phenolic OH excluding ortho intramolecular Hbond substituents is 1. The van der Waals surface area contributed by atoms with E-state index in [-0.39, 0.29) is 21.4 Å². The van der Waals surface area contributed by atoms with Crippen LogP contribution < -0.4 is 4.72 Å². The van der Waals surface area contributed by atoms with Crippen LogP contribution >= 0.6 is 11.6 Å². The minimum Gasteiger partial charge on any atom is -0.508 e. The van der Waals surface area contributed by atoms with Gasteiger partial charge in [0.15, 0.2) is 0 Å². The van der Waals surface area contributed by atoms with E-state index in [1.807, 2.05) is 0 Å². The Morgan fingerprint density at radius 1 is 1.16 bits per heavy atom. The fraction of sp³-hybridized carbons (Fsp3) is 0. The second-order valence-corrected chi connectivity index (χ2v) is 5.85. The molecule has 19 heavy (non-hydrogen) atoms. The summed E-state index contributed by atoms with van der Waals surface area (Å²) < 4.78 is 39.5. The van der Waals surface area contributed by atoms with Gasteiger partial charge in [-0.3, -0.25) is 4.72 Å². The van der Waals surface area contributed by atoms with Crippen molar-refractivity contribution in [2.45, 2.75) is 4.90 Å². The van der Waals surface area contributed by atoms with Crippen molar-refractivity contribution in [3.8, 4) is 5.75 Å². The Hall–Kier alpha value is -1.79. The number of nitrogens with one attached hydrogen (secondary N) is 1. The lowest BCUT2D eigenvalue weighted by Crippen LogP contribution is -2.13. The number of rotatable bonds is 3. The van der Waals surface area contributed by atoms with E-state index in [2.05, 4.69) is 4.72 Å². The second-order valence-electron chi connectivity index (χ2n) is 3.73. The van der Waals surface area contributed by atoms with Gasteiger partial charge in [0.2, 0.25) is 0 Å². The standard InChI is InChI=1S/C12H9ClFNO3S/c13-8-4-5-11(14)12(6-8)15-19(17,18)10-3-1-2-9(16)7-10/h1-7,15-16H. The first-order valence-electron chi connectivity index (χ1n) is 5.15. The number of sulfonamides is 1. The monoisotopic (exact) mass is 301 g/mol. The zero-order chi connectivity index (χ0) is 14.0. The maximum atomic E-state index is 13.5. The number of benzene rings is 2. The summed E-state index contributed by atoms with van der Waals surface area (Å²) in [5.74, 6) is -0.942. The summed E-state index contributed by atoms with van der Waals surface area (Å²) in [7, 11) is -3.98. The third kappa shape index (κ3) is 3.15. The van der Waals surface area contributed by atoms with Gasteiger partial charge in [0.25, 0.3) is 10.0 Å². The molecule has 7 heteroatoms. The molecule has 4 nitrogen and oxygen atoms in total. The molecular formula is C12H9ClFNO3S. The molecule has 0 bridgehead atoms. The van der Waals surface area contributed by atoms with Crippen molar-refractivity contribution in [1.82, 2.24) is 0 Å². The first kappa shape index (κ1) is 13.6. The Morgan fingerprint density at radius 3 is 2.58 bits per heavy atom. The number of hydrogen-bond acceptors (Lipinski definition) is 3. The quantitative estimate of drug-likeness (QED) is 0.916. The first-order valence-corrected chi connectivity index (χ1v) is 7.01. The molecule has 0 heterocycles. The summed E-state index contributed by atoms with van der Waals surface area (Å²) in [5.41, 5.74) is -0.254. The zero-order valence-electron chi connectivity index (χ0n) is 9.47. The van der Waals surface area contributed by atoms with Crippen LogP contribution in [0.5, 0.6) is 5.75 Å². The zero-order valence-corrected chi connectivity index (χ0v) is 11.0. The van der Waals surface area contributed by atoms with E-state index in [4.69, 9.17) is 11.6 Å². The SMILES string of the molecule is O=S(=O)(Nc1cc(Cl)ccc1F)c1cccc(O)c1. The largest absolute Gasteiger partial charge is 0.508 e. The molecule has 0 aliphatic carbocycles. The van der Waals surface area contributed by atoms with Crippen LogP contribution in [0.1, 0.15) is 0 Å². The van der Waals surface area contributed by atoms with Gasteiger partial charge in [-0.15, -0.1) is 0 Å². The Bertz CT molecular complexity index is 719. The predicted molar refractivity (Wildman–Crippen MR) is 70.3 cm³/mol. The molecule has 0 radical (unpaired) electrons. The Morgan fingerprint density at radius 2 is 1.89 bits per heavy atom. The molecule has 0 unspecified atom stereocenters. The average Bonchev–Trinajstić information content (AvgIpc) is 2.33. The topological polar surface area (TPSA) is 66.4 Å². The number of halogens is 2.